The van der Waals surface area contributed by atoms with Gasteiger partial charge in [0.25, 0.3) is 0 Å². The van der Waals surface area contributed by atoms with Crippen molar-refractivity contribution < 1.29 is 4.74 Å². The van der Waals surface area contributed by atoms with Crippen LogP contribution in [0.25, 0.3) is 21.8 Å². The lowest BCUT2D eigenvalue weighted by atomic mass is 10.0. The van der Waals surface area contributed by atoms with E-state index in [0.29, 0.717) is 0 Å². The van der Waals surface area contributed by atoms with Gasteiger partial charge >= 0.3 is 0 Å². The molecule has 0 spiro atoms. The van der Waals surface area contributed by atoms with E-state index in [0.717, 1.165) is 55.1 Å². The Kier molecular flexibility index (Phi) is 4.28. The average Bonchev–Trinajstić information content (AvgIpc) is 2.99. The summed E-state index contributed by atoms with van der Waals surface area (Å²) >= 11 is 3.18. The number of aromatic amines is 1. The number of nitrogens with one attached hydrogen (secondary N) is 1. The third-order valence-electron chi connectivity index (χ3n) is 4.66. The molecule has 122 valence electrons. The van der Waals surface area contributed by atoms with Gasteiger partial charge < -0.3 is 9.72 Å². The lowest BCUT2D eigenvalue weighted by molar-refractivity contribution is 0.0344. The number of rotatable bonds is 2. The molecule has 24 heavy (non-hydrogen) atoms. The van der Waals surface area contributed by atoms with E-state index in [1.807, 2.05) is 6.20 Å². The molecule has 4 nitrogen and oxygen atoms in total. The van der Waals surface area contributed by atoms with Gasteiger partial charge in [-0.1, -0.05) is 12.1 Å². The van der Waals surface area contributed by atoms with Crippen molar-refractivity contribution in [2.24, 2.45) is 0 Å². The SMILES string of the molecule is Cc1c(C#CBr)ncc2[nH]c3cccc(CN4CCOCC4)c3c12. The number of ether oxygens (including phenoxy) is 1. The fourth-order valence-electron chi connectivity index (χ4n) is 3.48. The van der Waals surface area contributed by atoms with E-state index in [9.17, 15) is 0 Å². The summed E-state index contributed by atoms with van der Waals surface area (Å²) in [7, 11) is 0. The highest BCUT2D eigenvalue weighted by atomic mass is 79.9. The van der Waals surface area contributed by atoms with Gasteiger partial charge in [-0.2, -0.15) is 0 Å². The van der Waals surface area contributed by atoms with Crippen LogP contribution in [0.5, 0.6) is 0 Å². The number of fused-ring (bicyclic) bond motifs is 3. The van der Waals surface area contributed by atoms with Crippen molar-refractivity contribution in [2.45, 2.75) is 13.5 Å². The van der Waals surface area contributed by atoms with Gasteiger partial charge in [-0.25, -0.2) is 4.98 Å². The zero-order valence-corrected chi connectivity index (χ0v) is 15.1. The van der Waals surface area contributed by atoms with Gasteiger partial charge in [0.1, 0.15) is 5.69 Å². The van der Waals surface area contributed by atoms with Crippen LogP contribution in [0.4, 0.5) is 0 Å². The normalized spacial score (nSPS) is 15.6. The van der Waals surface area contributed by atoms with Gasteiger partial charge in [-0.15, -0.1) is 0 Å². The van der Waals surface area contributed by atoms with E-state index in [1.54, 1.807) is 0 Å². The molecule has 1 N–H and O–H groups in total. The minimum atomic E-state index is 0.817. The number of halogens is 1. The van der Waals surface area contributed by atoms with Crippen molar-refractivity contribution >= 4 is 37.7 Å². The highest BCUT2D eigenvalue weighted by Crippen LogP contribution is 2.32. The minimum absolute atomic E-state index is 0.817. The van der Waals surface area contributed by atoms with Crippen LogP contribution in [0.3, 0.4) is 0 Å². The van der Waals surface area contributed by atoms with E-state index < -0.39 is 0 Å². The van der Waals surface area contributed by atoms with Crippen LogP contribution in [0.15, 0.2) is 24.4 Å². The highest BCUT2D eigenvalue weighted by Gasteiger charge is 2.16. The molecule has 0 unspecified atom stereocenters. The largest absolute Gasteiger partial charge is 0.379 e. The van der Waals surface area contributed by atoms with Crippen LogP contribution < -0.4 is 0 Å². The van der Waals surface area contributed by atoms with Crippen molar-refractivity contribution in [1.82, 2.24) is 14.9 Å². The zero-order valence-electron chi connectivity index (χ0n) is 13.5. The van der Waals surface area contributed by atoms with Gasteiger partial charge in [0.2, 0.25) is 0 Å². The molecule has 0 atom stereocenters. The monoisotopic (exact) mass is 383 g/mol. The van der Waals surface area contributed by atoms with Crippen molar-refractivity contribution in [3.8, 4) is 10.8 Å². The quantitative estimate of drug-likeness (QED) is 0.687. The molecular formula is C19H18BrN3O. The molecule has 0 aliphatic carbocycles. The molecule has 0 radical (unpaired) electrons. The molecule has 5 heteroatoms. The minimum Gasteiger partial charge on any atom is -0.379 e. The third kappa shape index (κ3) is 2.71. The van der Waals surface area contributed by atoms with Gasteiger partial charge in [-0.05, 0) is 34.9 Å². The molecule has 0 amide bonds. The standard InChI is InChI=1S/C19H18BrN3O/c1-13-15(5-6-20)21-11-17-18(13)19-14(3-2-4-16(19)22-17)12-23-7-9-24-10-8-23/h2-4,11,22H,7-10,12H2,1H3. The third-order valence-corrected chi connectivity index (χ3v) is 4.85. The van der Waals surface area contributed by atoms with Crippen LogP contribution in [-0.4, -0.2) is 41.2 Å². The molecule has 3 heterocycles. The molecule has 1 aliphatic rings. The second kappa shape index (κ2) is 6.56. The topological polar surface area (TPSA) is 41.2 Å². The number of H-pyrrole nitrogens is 1. The Morgan fingerprint density at radius 2 is 2.08 bits per heavy atom. The average molecular weight is 384 g/mol. The molecule has 1 aliphatic heterocycles. The number of hydrogen-bond donors (Lipinski definition) is 1. The predicted molar refractivity (Wildman–Crippen MR) is 100 cm³/mol. The number of aryl methyl sites for hydroxylation is 1. The van der Waals surface area contributed by atoms with Crippen LogP contribution in [0.2, 0.25) is 0 Å². The summed E-state index contributed by atoms with van der Waals surface area (Å²) in [5.74, 6) is 3.04. The molecule has 1 fully saturated rings. The van der Waals surface area contributed by atoms with Gasteiger partial charge in [0.05, 0.1) is 24.9 Å². The second-order valence-corrected chi connectivity index (χ2v) is 6.49. The van der Waals surface area contributed by atoms with E-state index in [2.05, 4.69) is 66.7 Å². The highest BCUT2D eigenvalue weighted by molar-refractivity contribution is 9.12. The van der Waals surface area contributed by atoms with Crippen molar-refractivity contribution in [2.75, 3.05) is 26.3 Å². The Morgan fingerprint density at radius 3 is 2.88 bits per heavy atom. The van der Waals surface area contributed by atoms with Crippen LogP contribution >= 0.6 is 15.9 Å². The summed E-state index contributed by atoms with van der Waals surface area (Å²) in [5.41, 5.74) is 5.51. The summed E-state index contributed by atoms with van der Waals surface area (Å²) in [6.45, 7) is 6.64. The molecule has 1 saturated heterocycles. The number of aromatic nitrogens is 2. The maximum Gasteiger partial charge on any atom is 0.117 e. The first-order valence-corrected chi connectivity index (χ1v) is 8.88. The zero-order chi connectivity index (χ0) is 16.5. The maximum atomic E-state index is 5.47. The fourth-order valence-corrected chi connectivity index (χ4v) is 3.66. The summed E-state index contributed by atoms with van der Waals surface area (Å²) in [5, 5.41) is 2.52. The lowest BCUT2D eigenvalue weighted by Crippen LogP contribution is -2.35. The van der Waals surface area contributed by atoms with Crippen LogP contribution in [0, 0.1) is 17.7 Å². The molecule has 3 aromatic rings. The van der Waals surface area contributed by atoms with E-state index in [1.165, 1.54) is 16.3 Å². The molecule has 4 rings (SSSR count). The first kappa shape index (κ1) is 15.6. The van der Waals surface area contributed by atoms with Crippen molar-refractivity contribution in [3.05, 3.63) is 41.2 Å². The Bertz CT molecular complexity index is 961. The number of benzene rings is 1. The predicted octanol–water partition coefficient (Wildman–Crippen LogP) is 3.56. The number of nitrogens with zero attached hydrogens (tertiary/aromatic N) is 2. The van der Waals surface area contributed by atoms with Crippen LogP contribution in [0.1, 0.15) is 16.8 Å². The number of pyridine rings is 1. The smallest absolute Gasteiger partial charge is 0.117 e. The van der Waals surface area contributed by atoms with E-state index >= 15 is 0 Å². The molecule has 0 saturated carbocycles. The second-order valence-electron chi connectivity index (χ2n) is 6.09. The summed E-state index contributed by atoms with van der Waals surface area (Å²) in [6.07, 6.45) is 1.88. The molecule has 0 bridgehead atoms. The van der Waals surface area contributed by atoms with Gasteiger partial charge in [0.15, 0.2) is 0 Å². The molecule has 2 aromatic heterocycles. The Morgan fingerprint density at radius 1 is 1.25 bits per heavy atom. The Labute approximate surface area is 149 Å². The van der Waals surface area contributed by atoms with Gasteiger partial charge in [-0.3, -0.25) is 4.90 Å². The summed E-state index contributed by atoms with van der Waals surface area (Å²) in [4.78, 5) is 13.2. The van der Waals surface area contributed by atoms with E-state index in [4.69, 9.17) is 4.74 Å². The maximum absolute atomic E-state index is 5.47. The lowest BCUT2D eigenvalue weighted by Gasteiger charge is -2.26. The summed E-state index contributed by atoms with van der Waals surface area (Å²) < 4.78 is 5.47. The Hall–Kier alpha value is -1.87. The Balaban J connectivity index is 1.89. The molecular weight excluding hydrogens is 366 g/mol. The van der Waals surface area contributed by atoms with Gasteiger partial charge in [0, 0.05) is 51.9 Å². The van der Waals surface area contributed by atoms with Crippen LogP contribution in [-0.2, 0) is 11.3 Å². The first-order valence-electron chi connectivity index (χ1n) is 8.08. The van der Waals surface area contributed by atoms with Crippen molar-refractivity contribution in [1.29, 1.82) is 0 Å². The molecule has 1 aromatic carbocycles. The summed E-state index contributed by atoms with van der Waals surface area (Å²) in [6, 6.07) is 6.48. The first-order chi connectivity index (χ1) is 11.8. The number of morpholine rings is 1. The number of hydrogen-bond acceptors (Lipinski definition) is 3. The fraction of sp³-hybridized carbons (Fsp3) is 0.316. The van der Waals surface area contributed by atoms with Crippen molar-refractivity contribution in [3.63, 3.8) is 0 Å². The van der Waals surface area contributed by atoms with E-state index in [-0.39, 0.29) is 0 Å².